The SMILES string of the molecule is Cn1nc(N2CCCC2Cn2nc3c(cc2=O)CCC3)ccc1=O. The molecule has 1 saturated heterocycles. The van der Waals surface area contributed by atoms with Crippen molar-refractivity contribution in [2.45, 2.75) is 44.7 Å². The van der Waals surface area contributed by atoms with Gasteiger partial charge in [-0.25, -0.2) is 9.36 Å². The number of nitrogens with zero attached hydrogens (tertiary/aromatic N) is 5. The monoisotopic (exact) mass is 327 g/mol. The molecule has 3 heterocycles. The molecule has 7 nitrogen and oxygen atoms in total. The largest absolute Gasteiger partial charge is 0.350 e. The first-order valence-electron chi connectivity index (χ1n) is 8.53. The fourth-order valence-corrected chi connectivity index (χ4v) is 3.74. The molecule has 2 aliphatic rings. The molecule has 1 fully saturated rings. The van der Waals surface area contributed by atoms with Crippen molar-refractivity contribution in [1.29, 1.82) is 0 Å². The maximum atomic E-state index is 12.3. The lowest BCUT2D eigenvalue weighted by Crippen LogP contribution is -2.38. The standard InChI is InChI=1S/C17H21N5O2/c1-20-16(23)8-7-15(19-20)21-9-3-5-13(21)11-22-17(24)10-12-4-2-6-14(12)18-22/h7-8,10,13H,2-6,9,11H2,1H3. The number of hydrogen-bond donors (Lipinski definition) is 0. The van der Waals surface area contributed by atoms with Crippen molar-refractivity contribution in [3.05, 3.63) is 50.2 Å². The van der Waals surface area contributed by atoms with E-state index < -0.39 is 0 Å². The van der Waals surface area contributed by atoms with Gasteiger partial charge in [-0.2, -0.15) is 10.2 Å². The van der Waals surface area contributed by atoms with Gasteiger partial charge in [0.2, 0.25) is 0 Å². The molecule has 0 aromatic carbocycles. The lowest BCUT2D eigenvalue weighted by molar-refractivity contribution is 0.479. The Balaban J connectivity index is 1.61. The molecular formula is C17H21N5O2. The highest BCUT2D eigenvalue weighted by molar-refractivity contribution is 5.39. The van der Waals surface area contributed by atoms with Crippen molar-refractivity contribution in [2.75, 3.05) is 11.4 Å². The van der Waals surface area contributed by atoms with Crippen molar-refractivity contribution in [1.82, 2.24) is 19.6 Å². The summed E-state index contributed by atoms with van der Waals surface area (Å²) in [7, 11) is 1.66. The summed E-state index contributed by atoms with van der Waals surface area (Å²) in [6.45, 7) is 1.45. The van der Waals surface area contributed by atoms with Crippen molar-refractivity contribution in [2.24, 2.45) is 7.05 Å². The van der Waals surface area contributed by atoms with Crippen LogP contribution in [0, 0.1) is 0 Å². The lowest BCUT2D eigenvalue weighted by Gasteiger charge is -2.26. The molecule has 0 spiro atoms. The zero-order valence-electron chi connectivity index (χ0n) is 13.8. The first-order valence-corrected chi connectivity index (χ1v) is 8.53. The molecule has 0 amide bonds. The van der Waals surface area contributed by atoms with Gasteiger partial charge in [-0.3, -0.25) is 9.59 Å². The topological polar surface area (TPSA) is 73.0 Å². The summed E-state index contributed by atoms with van der Waals surface area (Å²) in [5.41, 5.74) is 2.04. The Kier molecular flexibility index (Phi) is 3.70. The molecule has 4 rings (SSSR count). The Morgan fingerprint density at radius 1 is 1.12 bits per heavy atom. The van der Waals surface area contributed by atoms with Crippen LogP contribution in [0.25, 0.3) is 0 Å². The highest BCUT2D eigenvalue weighted by Gasteiger charge is 2.27. The van der Waals surface area contributed by atoms with Crippen LogP contribution in [-0.4, -0.2) is 32.1 Å². The van der Waals surface area contributed by atoms with Gasteiger partial charge in [0.25, 0.3) is 11.1 Å². The molecule has 0 bridgehead atoms. The van der Waals surface area contributed by atoms with Crippen LogP contribution in [-0.2, 0) is 26.4 Å². The molecule has 1 atom stereocenters. The fourth-order valence-electron chi connectivity index (χ4n) is 3.74. The first kappa shape index (κ1) is 15.1. The van der Waals surface area contributed by atoms with Gasteiger partial charge in [-0.15, -0.1) is 0 Å². The minimum absolute atomic E-state index is 0.0177. The van der Waals surface area contributed by atoms with E-state index in [4.69, 9.17) is 0 Å². The molecule has 2 aromatic heterocycles. The van der Waals surface area contributed by atoms with E-state index in [0.717, 1.165) is 55.7 Å². The Hall–Kier alpha value is -2.44. The second-order valence-corrected chi connectivity index (χ2v) is 6.63. The quantitative estimate of drug-likeness (QED) is 0.820. The second kappa shape index (κ2) is 5.89. The average molecular weight is 327 g/mol. The molecule has 0 saturated carbocycles. The molecule has 7 heteroatoms. The van der Waals surface area contributed by atoms with E-state index >= 15 is 0 Å². The minimum atomic E-state index is -0.119. The van der Waals surface area contributed by atoms with E-state index in [-0.39, 0.29) is 17.2 Å². The molecule has 1 aliphatic carbocycles. The van der Waals surface area contributed by atoms with Gasteiger partial charge < -0.3 is 4.90 Å². The van der Waals surface area contributed by atoms with Gasteiger partial charge in [-0.1, -0.05) is 0 Å². The van der Waals surface area contributed by atoms with Gasteiger partial charge >= 0.3 is 0 Å². The van der Waals surface area contributed by atoms with Crippen LogP contribution in [0.3, 0.4) is 0 Å². The summed E-state index contributed by atoms with van der Waals surface area (Å²) in [5, 5.41) is 8.93. The van der Waals surface area contributed by atoms with Crippen LogP contribution in [0.2, 0.25) is 0 Å². The Bertz CT molecular complexity index is 885. The third-order valence-electron chi connectivity index (χ3n) is 5.03. The predicted octanol–water partition coefficient (Wildman–Crippen LogP) is 0.495. The van der Waals surface area contributed by atoms with Crippen LogP contribution in [0.4, 0.5) is 5.82 Å². The average Bonchev–Trinajstić information content (AvgIpc) is 3.19. The number of rotatable bonds is 3. The third kappa shape index (κ3) is 2.64. The molecular weight excluding hydrogens is 306 g/mol. The van der Waals surface area contributed by atoms with Crippen LogP contribution in [0.1, 0.15) is 30.5 Å². The number of hydrogen-bond acceptors (Lipinski definition) is 5. The van der Waals surface area contributed by atoms with E-state index in [9.17, 15) is 9.59 Å². The number of aryl methyl sites for hydroxylation is 3. The van der Waals surface area contributed by atoms with Crippen molar-refractivity contribution in [3.63, 3.8) is 0 Å². The highest BCUT2D eigenvalue weighted by atomic mass is 16.1. The number of aromatic nitrogens is 4. The van der Waals surface area contributed by atoms with E-state index in [1.165, 1.54) is 10.7 Å². The van der Waals surface area contributed by atoms with Gasteiger partial charge in [-0.05, 0) is 43.7 Å². The maximum Gasteiger partial charge on any atom is 0.267 e. The third-order valence-corrected chi connectivity index (χ3v) is 5.03. The van der Waals surface area contributed by atoms with Crippen molar-refractivity contribution >= 4 is 5.82 Å². The summed E-state index contributed by atoms with van der Waals surface area (Å²) in [6.07, 6.45) is 5.07. The zero-order chi connectivity index (χ0) is 16.7. The van der Waals surface area contributed by atoms with Gasteiger partial charge in [0.05, 0.1) is 18.3 Å². The summed E-state index contributed by atoms with van der Waals surface area (Å²) < 4.78 is 2.96. The predicted molar refractivity (Wildman–Crippen MR) is 90.4 cm³/mol. The number of anilines is 1. The minimum Gasteiger partial charge on any atom is -0.350 e. The van der Waals surface area contributed by atoms with E-state index in [1.54, 1.807) is 23.9 Å². The van der Waals surface area contributed by atoms with Crippen LogP contribution < -0.4 is 16.0 Å². The van der Waals surface area contributed by atoms with Crippen LogP contribution >= 0.6 is 0 Å². The zero-order valence-corrected chi connectivity index (χ0v) is 13.8. The van der Waals surface area contributed by atoms with Crippen LogP contribution in [0.5, 0.6) is 0 Å². The van der Waals surface area contributed by atoms with Crippen LogP contribution in [0.15, 0.2) is 27.8 Å². The Labute approximate surface area is 139 Å². The fraction of sp³-hybridized carbons (Fsp3) is 0.529. The summed E-state index contributed by atoms with van der Waals surface area (Å²) in [6, 6.07) is 5.23. The van der Waals surface area contributed by atoms with Crippen molar-refractivity contribution < 1.29 is 0 Å². The van der Waals surface area contributed by atoms with E-state index in [0.29, 0.717) is 6.54 Å². The van der Waals surface area contributed by atoms with E-state index in [2.05, 4.69) is 15.1 Å². The van der Waals surface area contributed by atoms with Gasteiger partial charge in [0, 0.05) is 25.7 Å². The lowest BCUT2D eigenvalue weighted by atomic mass is 10.2. The Morgan fingerprint density at radius 3 is 2.83 bits per heavy atom. The molecule has 1 unspecified atom stereocenters. The highest BCUT2D eigenvalue weighted by Crippen LogP contribution is 2.24. The second-order valence-electron chi connectivity index (χ2n) is 6.63. The molecule has 126 valence electrons. The van der Waals surface area contributed by atoms with Crippen molar-refractivity contribution in [3.8, 4) is 0 Å². The molecule has 24 heavy (non-hydrogen) atoms. The summed E-state index contributed by atoms with van der Waals surface area (Å²) in [4.78, 5) is 26.0. The van der Waals surface area contributed by atoms with E-state index in [1.807, 2.05) is 0 Å². The Morgan fingerprint density at radius 2 is 2.00 bits per heavy atom. The number of fused-ring (bicyclic) bond motifs is 1. The summed E-state index contributed by atoms with van der Waals surface area (Å²) in [5.74, 6) is 0.786. The van der Waals surface area contributed by atoms with Gasteiger partial charge in [0.15, 0.2) is 0 Å². The first-order chi connectivity index (χ1) is 11.6. The molecule has 1 aliphatic heterocycles. The smallest absolute Gasteiger partial charge is 0.267 e. The molecule has 0 radical (unpaired) electrons. The maximum absolute atomic E-state index is 12.3. The van der Waals surface area contributed by atoms with Gasteiger partial charge in [0.1, 0.15) is 5.82 Å². The normalized spacial score (nSPS) is 19.7. The molecule has 2 aromatic rings. The summed E-state index contributed by atoms with van der Waals surface area (Å²) >= 11 is 0. The molecule has 0 N–H and O–H groups in total.